The Kier molecular flexibility index (Phi) is 11.4. The fourth-order valence-electron chi connectivity index (χ4n) is 4.05. The maximum absolute atomic E-state index is 13.8. The molecule has 3 aromatic rings. The van der Waals surface area contributed by atoms with Crippen LogP contribution in [0.25, 0.3) is 0 Å². The molecule has 38 heavy (non-hydrogen) atoms. The van der Waals surface area contributed by atoms with Gasteiger partial charge in [-0.1, -0.05) is 56.4 Å². The van der Waals surface area contributed by atoms with Crippen molar-refractivity contribution in [3.63, 3.8) is 0 Å². The number of rotatable bonds is 12. The van der Waals surface area contributed by atoms with Crippen molar-refractivity contribution >= 4 is 5.91 Å². The number of unbranched alkanes of at least 4 members (excludes halogenated alkanes) is 2. The van der Waals surface area contributed by atoms with Crippen molar-refractivity contribution in [1.82, 2.24) is 15.6 Å². The number of aryl methyl sites for hydroxylation is 1. The molecule has 1 amide bonds. The first kappa shape index (κ1) is 29.0. The highest BCUT2D eigenvalue weighted by atomic mass is 19.1. The van der Waals surface area contributed by atoms with Crippen LogP contribution in [0, 0.1) is 23.5 Å². The zero-order valence-corrected chi connectivity index (χ0v) is 21.9. The number of aliphatic hydroxyl groups excluding tert-OH is 1. The first-order valence-electron chi connectivity index (χ1n) is 13.0. The first-order valence-corrected chi connectivity index (χ1v) is 13.0. The normalized spacial score (nSPS) is 12.3. The van der Waals surface area contributed by atoms with E-state index in [9.17, 15) is 18.7 Å². The molecule has 1 heterocycles. The number of nitrogens with one attached hydrogen (secondary N) is 2. The second-order valence-corrected chi connectivity index (χ2v) is 9.30. The summed E-state index contributed by atoms with van der Waals surface area (Å²) in [5.41, 5.74) is 3.53. The van der Waals surface area contributed by atoms with Gasteiger partial charge in [-0.2, -0.15) is 0 Å². The van der Waals surface area contributed by atoms with Crippen molar-refractivity contribution in [2.45, 2.75) is 64.6 Å². The second kappa shape index (κ2) is 15.0. The van der Waals surface area contributed by atoms with Gasteiger partial charge in [0.25, 0.3) is 5.91 Å². The van der Waals surface area contributed by atoms with Crippen molar-refractivity contribution in [1.29, 1.82) is 0 Å². The Morgan fingerprint density at radius 1 is 1.03 bits per heavy atom. The molecule has 7 heteroatoms. The van der Waals surface area contributed by atoms with E-state index in [1.54, 1.807) is 12.3 Å². The molecule has 0 unspecified atom stereocenters. The molecule has 3 N–H and O–H groups in total. The molecule has 0 saturated heterocycles. The van der Waals surface area contributed by atoms with Crippen LogP contribution in [0.15, 0.2) is 60.9 Å². The maximum Gasteiger partial charge on any atom is 0.253 e. The van der Waals surface area contributed by atoms with Crippen LogP contribution in [0.3, 0.4) is 0 Å². The Bertz CT molecular complexity index is 1250. The van der Waals surface area contributed by atoms with Crippen LogP contribution in [0.2, 0.25) is 0 Å². The molecule has 0 spiro atoms. The van der Waals surface area contributed by atoms with Crippen LogP contribution in [0.5, 0.6) is 0 Å². The minimum atomic E-state index is -1.02. The van der Waals surface area contributed by atoms with Crippen molar-refractivity contribution in [3.8, 4) is 11.8 Å². The van der Waals surface area contributed by atoms with Crippen LogP contribution in [-0.2, 0) is 19.4 Å². The van der Waals surface area contributed by atoms with Gasteiger partial charge in [0.15, 0.2) is 0 Å². The molecule has 0 aliphatic rings. The third-order valence-corrected chi connectivity index (χ3v) is 6.13. The average Bonchev–Trinajstić information content (AvgIpc) is 2.90. The maximum atomic E-state index is 13.8. The molecule has 3 rings (SSSR count). The van der Waals surface area contributed by atoms with Crippen molar-refractivity contribution < 1.29 is 18.7 Å². The van der Waals surface area contributed by atoms with Crippen molar-refractivity contribution in [3.05, 3.63) is 100 Å². The van der Waals surface area contributed by atoms with E-state index in [-0.39, 0.29) is 13.0 Å². The van der Waals surface area contributed by atoms with E-state index in [1.807, 2.05) is 12.1 Å². The lowest BCUT2D eigenvalue weighted by Gasteiger charge is -2.25. The Labute approximate surface area is 223 Å². The molecule has 0 saturated carbocycles. The van der Waals surface area contributed by atoms with Crippen molar-refractivity contribution in [2.75, 3.05) is 6.54 Å². The van der Waals surface area contributed by atoms with Crippen LogP contribution in [0.1, 0.15) is 65.7 Å². The van der Waals surface area contributed by atoms with Crippen LogP contribution in [-0.4, -0.2) is 34.7 Å². The summed E-state index contributed by atoms with van der Waals surface area (Å²) in [5.74, 6) is 4.21. The molecule has 200 valence electrons. The molecule has 0 bridgehead atoms. The summed E-state index contributed by atoms with van der Waals surface area (Å²) >= 11 is 0. The number of pyridine rings is 1. The number of hydrogen-bond donors (Lipinski definition) is 3. The lowest BCUT2D eigenvalue weighted by Crippen LogP contribution is -2.48. The van der Waals surface area contributed by atoms with Gasteiger partial charge in [0.05, 0.1) is 17.7 Å². The van der Waals surface area contributed by atoms with Gasteiger partial charge in [-0.3, -0.25) is 9.78 Å². The number of carbonyl (C=O) groups is 1. The summed E-state index contributed by atoms with van der Waals surface area (Å²) in [6, 6.07) is 12.2. The highest BCUT2D eigenvalue weighted by Crippen LogP contribution is 2.13. The second-order valence-electron chi connectivity index (χ2n) is 9.30. The minimum absolute atomic E-state index is 0.0402. The summed E-state index contributed by atoms with van der Waals surface area (Å²) in [5, 5.41) is 17.0. The highest BCUT2D eigenvalue weighted by Gasteiger charge is 2.23. The average molecular weight is 520 g/mol. The van der Waals surface area contributed by atoms with Gasteiger partial charge in [0.1, 0.15) is 11.6 Å². The molecule has 0 fully saturated rings. The quantitative estimate of drug-likeness (QED) is 0.234. The number of nitrogens with zero attached hydrogens (tertiary/aromatic N) is 1. The van der Waals surface area contributed by atoms with E-state index < -0.39 is 29.7 Å². The number of carbonyl (C=O) groups excluding carboxylic acids is 1. The predicted molar refractivity (Wildman–Crippen MR) is 145 cm³/mol. The molecule has 2 atom stereocenters. The third-order valence-electron chi connectivity index (χ3n) is 6.13. The van der Waals surface area contributed by atoms with Gasteiger partial charge >= 0.3 is 0 Å². The number of halogens is 2. The number of aromatic nitrogens is 1. The fourth-order valence-corrected chi connectivity index (χ4v) is 4.05. The standard InChI is InChI=1S/C31H35F2N3O2/c1-3-5-6-7-9-24-13-26(20-34-19-24)31(38)36-29(16-25-14-27(32)17-28(33)15-25)30(37)21-35-18-23-11-8-10-22(4-2)12-23/h8,10-15,17,19-20,29-30,35,37H,3-6,16,18,21H2,1-2H3,(H,36,38)/t29-,30+/m0/s1. The van der Waals surface area contributed by atoms with Gasteiger partial charge in [-0.25, -0.2) is 8.78 Å². The van der Waals surface area contributed by atoms with E-state index in [0.717, 1.165) is 37.3 Å². The molecule has 0 aliphatic carbocycles. The van der Waals surface area contributed by atoms with Gasteiger partial charge in [0.2, 0.25) is 0 Å². The third kappa shape index (κ3) is 9.37. The zero-order chi connectivity index (χ0) is 27.3. The smallest absolute Gasteiger partial charge is 0.253 e. The summed E-state index contributed by atoms with van der Waals surface area (Å²) in [4.78, 5) is 17.2. The Hall–Kier alpha value is -3.60. The number of benzene rings is 2. The highest BCUT2D eigenvalue weighted by molar-refractivity contribution is 5.94. The molecule has 5 nitrogen and oxygen atoms in total. The Morgan fingerprint density at radius 3 is 2.53 bits per heavy atom. The van der Waals surface area contributed by atoms with E-state index in [1.165, 1.54) is 23.9 Å². The molecule has 0 radical (unpaired) electrons. The van der Waals surface area contributed by atoms with Gasteiger partial charge in [-0.15, -0.1) is 0 Å². The van der Waals surface area contributed by atoms with E-state index >= 15 is 0 Å². The van der Waals surface area contributed by atoms with Crippen molar-refractivity contribution in [2.24, 2.45) is 0 Å². The largest absolute Gasteiger partial charge is 0.390 e. The zero-order valence-electron chi connectivity index (χ0n) is 21.9. The fraction of sp³-hybridized carbons (Fsp3) is 0.355. The predicted octanol–water partition coefficient (Wildman–Crippen LogP) is 4.96. The topological polar surface area (TPSA) is 74.2 Å². The number of amides is 1. The number of hydrogen-bond acceptors (Lipinski definition) is 4. The first-order chi connectivity index (χ1) is 18.4. The van der Waals surface area contributed by atoms with E-state index in [0.29, 0.717) is 23.2 Å². The molecular weight excluding hydrogens is 484 g/mol. The summed E-state index contributed by atoms with van der Waals surface area (Å²) in [7, 11) is 0. The Morgan fingerprint density at radius 2 is 1.79 bits per heavy atom. The minimum Gasteiger partial charge on any atom is -0.390 e. The van der Waals surface area contributed by atoms with E-state index in [4.69, 9.17) is 0 Å². The lowest BCUT2D eigenvalue weighted by molar-refractivity contribution is 0.0829. The molecule has 0 aliphatic heterocycles. The van der Waals surface area contributed by atoms with Gasteiger partial charge in [0, 0.05) is 43.5 Å². The monoisotopic (exact) mass is 519 g/mol. The van der Waals surface area contributed by atoms with E-state index in [2.05, 4.69) is 53.4 Å². The van der Waals surface area contributed by atoms with Gasteiger partial charge in [-0.05, 0) is 54.2 Å². The van der Waals surface area contributed by atoms with Crippen LogP contribution < -0.4 is 10.6 Å². The number of aliphatic hydroxyl groups is 1. The van der Waals surface area contributed by atoms with Crippen LogP contribution in [0.4, 0.5) is 8.78 Å². The molecule has 1 aromatic heterocycles. The summed E-state index contributed by atoms with van der Waals surface area (Å²) < 4.78 is 27.7. The lowest BCUT2D eigenvalue weighted by atomic mass is 10.00. The SMILES string of the molecule is CCCCC#Cc1cncc(C(=O)N[C@@H](Cc2cc(F)cc(F)c2)[C@H](O)CNCc2cccc(CC)c2)c1. The Balaban J connectivity index is 1.72. The summed E-state index contributed by atoms with van der Waals surface area (Å²) in [6.45, 7) is 4.88. The summed E-state index contributed by atoms with van der Waals surface area (Å²) in [6.07, 6.45) is 5.78. The molecule has 2 aromatic carbocycles. The van der Waals surface area contributed by atoms with Crippen LogP contribution >= 0.6 is 0 Å². The van der Waals surface area contributed by atoms with Gasteiger partial charge < -0.3 is 15.7 Å². The molecular formula is C31H35F2N3O2.